The summed E-state index contributed by atoms with van der Waals surface area (Å²) in [4.78, 5) is 26.7. The molecule has 0 aromatic heterocycles. The minimum atomic E-state index is -2.10. The van der Waals surface area contributed by atoms with Crippen LogP contribution >= 0.6 is 15.9 Å². The number of fused-ring (bicyclic) bond motifs is 2. The van der Waals surface area contributed by atoms with E-state index in [1.165, 1.54) is 56.9 Å². The molecule has 0 radical (unpaired) electrons. The second-order valence-corrected chi connectivity index (χ2v) is 52.8. The first kappa shape index (κ1) is 96.6. The number of carbonyl (C=O) groups is 2. The van der Waals surface area contributed by atoms with Gasteiger partial charge in [0.05, 0.1) is 18.3 Å². The van der Waals surface area contributed by atoms with Gasteiger partial charge < -0.3 is 47.5 Å². The highest BCUT2D eigenvalue weighted by molar-refractivity contribution is 9.11. The van der Waals surface area contributed by atoms with Gasteiger partial charge in [-0.1, -0.05) is 197 Å². The van der Waals surface area contributed by atoms with Crippen LogP contribution in [0.1, 0.15) is 247 Å². The van der Waals surface area contributed by atoms with Crippen LogP contribution in [0.4, 0.5) is 4.70 Å². The van der Waals surface area contributed by atoms with Crippen molar-refractivity contribution in [1.82, 2.24) is 0 Å². The minimum absolute atomic E-state index is 0. The van der Waals surface area contributed by atoms with E-state index in [1.807, 2.05) is 19.9 Å². The van der Waals surface area contributed by atoms with Crippen LogP contribution < -0.4 is 0 Å². The van der Waals surface area contributed by atoms with Gasteiger partial charge in [0.15, 0.2) is 25.0 Å². The third kappa shape index (κ3) is 25.0. The monoisotopic (exact) mass is 1580 g/mol. The number of esters is 2. The zero-order valence-electron chi connectivity index (χ0n) is 71.0. The highest BCUT2D eigenvalue weighted by Gasteiger charge is 2.55. The lowest BCUT2D eigenvalue weighted by Gasteiger charge is -2.45. The van der Waals surface area contributed by atoms with Crippen molar-refractivity contribution < 1.29 is 61.8 Å². The second-order valence-electron chi connectivity index (χ2n) is 38.0. The molecule has 7 fully saturated rings. The number of hydrogen-bond donors (Lipinski definition) is 3. The summed E-state index contributed by atoms with van der Waals surface area (Å²) >= 11 is 3.61. The van der Waals surface area contributed by atoms with E-state index in [0.717, 1.165) is 62.4 Å². The fourth-order valence-electron chi connectivity index (χ4n) is 17.6. The van der Waals surface area contributed by atoms with Crippen molar-refractivity contribution in [2.45, 2.75) is 350 Å². The molecule has 5 aliphatic carbocycles. The van der Waals surface area contributed by atoms with Crippen LogP contribution in [0.5, 0.6) is 0 Å². The van der Waals surface area contributed by atoms with Gasteiger partial charge in [-0.05, 0) is 231 Å². The van der Waals surface area contributed by atoms with Crippen molar-refractivity contribution in [3.63, 3.8) is 0 Å². The van der Waals surface area contributed by atoms with E-state index in [0.29, 0.717) is 96.7 Å². The highest BCUT2D eigenvalue weighted by atomic mass is 79.9. The largest absolute Gasteiger partial charge is 0.458 e. The van der Waals surface area contributed by atoms with E-state index in [1.54, 1.807) is 5.57 Å². The Hall–Kier alpha value is -2.58. The molecule has 3 N–H and O–H groups in total. The van der Waals surface area contributed by atoms with Gasteiger partial charge in [-0.25, -0.2) is 9.59 Å². The molecule has 0 aromatic rings. The Balaban J connectivity index is 0.000000410. The quantitative estimate of drug-likeness (QED) is 0.0163. The number of aliphatic hydroxyl groups excluding tert-OH is 3. The Labute approximate surface area is 652 Å². The third-order valence-electron chi connectivity index (χ3n) is 26.7. The first-order chi connectivity index (χ1) is 48.2. The predicted molar refractivity (Wildman–Crippen MR) is 447 cm³/mol. The predicted octanol–water partition coefficient (Wildman–Crippen LogP) is 22.3. The number of ether oxygens (including phenoxy) is 4. The van der Waals surface area contributed by atoms with Gasteiger partial charge >= 0.3 is 11.9 Å². The zero-order chi connectivity index (χ0) is 79.1. The standard InChI is InChI=1S/C34H52O6.C29H60O4Si3.C23H35BrO2.C2H6.FH/c1-20(2)17-26-23(5)33(38)40-30(26)18-21(3)27-12-13-28-24(9-7-14-34(27,28)6)10-11-25-19-29(36)32(31(37)22(25)4)39-16-8-15-35;1-18-21-25(33-36(16,17)29(9,10)11)26(24(19-2)32-35(14,15)28(6,7)8)30-22-20-23-31-34(12,13)27(3,4)5;1-14(2)11-18-16(4)22(25)26-21(18)12-15(3)19-8-9-20-17(13-24)7-6-10-23(19,20)5;1-2;/h10-11,20-21,26-32,35-37H,4-5,7-9,12-19H2,1-3,6H3;1,19,24-26H,2,20-23H2,3-17H3;13-15,18-21H,4,6-12H2,1-3,5H3;1-2H3;1H/b24-10+,25-11-;;17-13+;;/t21-,26-,27-,28+,29-,30-,31-,32+,34-;24-,25-,26-;15-,18-,19-,20+,21-,23-;;/m111../s1. The van der Waals surface area contributed by atoms with Crippen LogP contribution in [-0.4, -0.2) is 127 Å². The number of aliphatic hydroxyl groups is 3. The lowest BCUT2D eigenvalue weighted by atomic mass is 9.60. The molecular weight excluding hydrogens is 1430 g/mol. The normalized spacial score (nSPS) is 30.7. The Bertz CT molecular complexity index is 2940. The number of halogens is 2. The van der Waals surface area contributed by atoms with E-state index < -0.39 is 43.3 Å². The SMILES string of the molecule is C#CC[C@@H](O[Si](C)(C)C(C)(C)C)[C@H](OCCCO[Si](C)(C)C(C)(C)C)[C@@H](C=C)O[Si](C)(C)C(C)(C)C.C=C1/C(=C\C=C2/CCC[C@]3(C)[C@@H]([C@H](C)C[C@H]4OC(=O)C(=C)[C@H]4CC(C)C)CC[C@@H]23)C[C@@H](O)[C@H](OCCCO)[C@@H]1O.C=C1C(=O)O[C@H](C[C@@H](C)[C@H]2CC[C@H]3/C(=C/Br)CCC[C@]23C)[C@@H]1CC(C)C.CC.F. The van der Waals surface area contributed by atoms with E-state index in [9.17, 15) is 19.8 Å². The lowest BCUT2D eigenvalue weighted by Crippen LogP contribution is -2.53. The van der Waals surface area contributed by atoms with E-state index in [2.05, 4.69) is 222 Å². The molecule has 0 amide bonds. The number of rotatable bonds is 29. The molecule has 18 atom stereocenters. The summed E-state index contributed by atoms with van der Waals surface area (Å²) in [6, 6.07) is 0. The molecule has 0 aromatic carbocycles. The molecule has 105 heavy (non-hydrogen) atoms. The van der Waals surface area contributed by atoms with Crippen LogP contribution in [0.3, 0.4) is 0 Å². The maximum absolute atomic E-state index is 12.4. The van der Waals surface area contributed by atoms with E-state index in [-0.39, 0.29) is 86.1 Å². The molecule has 7 aliphatic rings. The van der Waals surface area contributed by atoms with Crippen LogP contribution in [0, 0.1) is 82.4 Å². The zero-order valence-corrected chi connectivity index (χ0v) is 75.6. The summed E-state index contributed by atoms with van der Waals surface area (Å²) in [5, 5.41) is 30.8. The Morgan fingerprint density at radius 1 is 0.657 bits per heavy atom. The number of carbonyl (C=O) groups excluding carboxylic acids is 2. The lowest BCUT2D eigenvalue weighted by molar-refractivity contribution is -0.141. The topological polar surface area (TPSA) is 159 Å². The van der Waals surface area contributed by atoms with Crippen molar-refractivity contribution in [1.29, 1.82) is 0 Å². The van der Waals surface area contributed by atoms with E-state index in [4.69, 9.17) is 43.8 Å². The minimum Gasteiger partial charge on any atom is -0.458 e. The number of hydrogen-bond acceptors (Lipinski definition) is 12. The molecule has 2 saturated heterocycles. The Kier molecular flexibility index (Phi) is 38.0. The average Bonchev–Trinajstić information content (AvgIpc) is 1.61. The molecule has 0 unspecified atom stereocenters. The van der Waals surface area contributed by atoms with Gasteiger partial charge in [0.2, 0.25) is 0 Å². The van der Waals surface area contributed by atoms with Crippen LogP contribution in [0.15, 0.2) is 83.0 Å². The number of terminal acetylenes is 1. The molecule has 5 saturated carbocycles. The van der Waals surface area contributed by atoms with E-state index >= 15 is 0 Å². The summed E-state index contributed by atoms with van der Waals surface area (Å²) in [6.07, 6.45) is 27.0. The van der Waals surface area contributed by atoms with Gasteiger partial charge in [-0.2, -0.15) is 0 Å². The summed E-state index contributed by atoms with van der Waals surface area (Å²) in [7, 11) is -5.97. The summed E-state index contributed by atoms with van der Waals surface area (Å²) in [5.74, 6) is 7.45. The van der Waals surface area contributed by atoms with Gasteiger partial charge in [-0.3, -0.25) is 4.70 Å². The summed E-state index contributed by atoms with van der Waals surface area (Å²) in [5.41, 5.74) is 6.54. The van der Waals surface area contributed by atoms with Crippen molar-refractivity contribution in [3.8, 4) is 12.3 Å². The van der Waals surface area contributed by atoms with Crippen molar-refractivity contribution in [3.05, 3.63) is 83.0 Å². The molecule has 2 heterocycles. The molecule has 0 bridgehead atoms. The molecule has 7 rings (SSSR count). The molecule has 12 nitrogen and oxygen atoms in total. The van der Waals surface area contributed by atoms with Gasteiger partial charge in [0.1, 0.15) is 30.5 Å². The summed E-state index contributed by atoms with van der Waals surface area (Å²) in [6.45, 7) is 74.4. The first-order valence-electron chi connectivity index (χ1n) is 40.6. The van der Waals surface area contributed by atoms with Gasteiger partial charge in [0.25, 0.3) is 0 Å². The molecule has 0 spiro atoms. The Morgan fingerprint density at radius 2 is 1.11 bits per heavy atom. The second kappa shape index (κ2) is 41.3. The van der Waals surface area contributed by atoms with Crippen LogP contribution in [0.25, 0.3) is 0 Å². The third-order valence-corrected chi connectivity index (χ3v) is 40.8. The van der Waals surface area contributed by atoms with Crippen molar-refractivity contribution in [2.24, 2.45) is 70.0 Å². The highest BCUT2D eigenvalue weighted by Crippen LogP contribution is 2.62. The van der Waals surface area contributed by atoms with Gasteiger partial charge in [0, 0.05) is 62.3 Å². The fraction of sp³-hybridized carbons (Fsp3) is 0.795. The number of allylic oxidation sites excluding steroid dienone is 4. The van der Waals surface area contributed by atoms with Crippen molar-refractivity contribution >= 4 is 52.8 Å². The average molecular weight is 1590 g/mol. The van der Waals surface area contributed by atoms with Crippen molar-refractivity contribution in [2.75, 3.05) is 26.4 Å². The molecule has 604 valence electrons. The maximum atomic E-state index is 12.4. The molecule has 17 heteroatoms. The van der Waals surface area contributed by atoms with Crippen LogP contribution in [0.2, 0.25) is 54.4 Å². The fourth-order valence-corrected chi connectivity index (χ4v) is 21.9. The smallest absolute Gasteiger partial charge is 0.334 e. The van der Waals surface area contributed by atoms with Gasteiger partial charge in [-0.15, -0.1) is 18.9 Å². The molecule has 2 aliphatic heterocycles. The first-order valence-corrected chi connectivity index (χ1v) is 50.3. The molecular formula is C88H154BrFO12Si3. The summed E-state index contributed by atoms with van der Waals surface area (Å²) < 4.78 is 44.0. The maximum Gasteiger partial charge on any atom is 0.334 e. The Morgan fingerprint density at radius 3 is 1.54 bits per heavy atom. The number of cyclic esters (lactones) is 2. The van der Waals surface area contributed by atoms with Crippen LogP contribution in [-0.2, 0) is 41.8 Å².